The maximum absolute atomic E-state index is 6.09. The highest BCUT2D eigenvalue weighted by Crippen LogP contribution is 2.25. The van der Waals surface area contributed by atoms with Crippen LogP contribution in [0, 0.1) is 0 Å². The number of rotatable bonds is 4. The lowest BCUT2D eigenvalue weighted by Crippen LogP contribution is -2.10. The third-order valence-corrected chi connectivity index (χ3v) is 3.77. The summed E-state index contributed by atoms with van der Waals surface area (Å²) in [5, 5.41) is 3.90. The van der Waals surface area contributed by atoms with Gasteiger partial charge in [-0.25, -0.2) is 9.97 Å². The Hall–Kier alpha value is -1.13. The van der Waals surface area contributed by atoms with Gasteiger partial charge in [0.2, 0.25) is 0 Å². The number of anilines is 1. The zero-order valence-electron chi connectivity index (χ0n) is 10.8. The van der Waals surface area contributed by atoms with Crippen LogP contribution in [0.2, 0.25) is 5.15 Å². The van der Waals surface area contributed by atoms with Crippen LogP contribution in [0.3, 0.4) is 0 Å². The molecule has 0 aliphatic rings. The number of hydrogen-bond acceptors (Lipinski definition) is 3. The van der Waals surface area contributed by atoms with Gasteiger partial charge >= 0.3 is 0 Å². The average Bonchev–Trinajstić information content (AvgIpc) is 2.39. The SMILES string of the molecule is CCc1c(Cl)ncnc1NC(C)c1cccc(Br)c1. The highest BCUT2D eigenvalue weighted by Gasteiger charge is 2.12. The molecule has 100 valence electrons. The lowest BCUT2D eigenvalue weighted by atomic mass is 10.1. The van der Waals surface area contributed by atoms with E-state index >= 15 is 0 Å². The van der Waals surface area contributed by atoms with Gasteiger partial charge in [-0.15, -0.1) is 0 Å². The van der Waals surface area contributed by atoms with Gasteiger partial charge in [0.15, 0.2) is 0 Å². The Labute approximate surface area is 126 Å². The molecule has 0 aliphatic heterocycles. The molecule has 0 saturated carbocycles. The summed E-state index contributed by atoms with van der Waals surface area (Å²) in [7, 11) is 0. The van der Waals surface area contributed by atoms with Gasteiger partial charge in [-0.3, -0.25) is 0 Å². The minimum absolute atomic E-state index is 0.147. The van der Waals surface area contributed by atoms with Crippen LogP contribution in [-0.2, 0) is 6.42 Å². The predicted octanol–water partition coefficient (Wildman–Crippen LogP) is 4.63. The molecule has 0 aliphatic carbocycles. The monoisotopic (exact) mass is 339 g/mol. The third-order valence-electron chi connectivity index (χ3n) is 2.95. The van der Waals surface area contributed by atoms with E-state index in [2.05, 4.69) is 50.3 Å². The fourth-order valence-electron chi connectivity index (χ4n) is 1.89. The van der Waals surface area contributed by atoms with Crippen molar-refractivity contribution in [3.05, 3.63) is 51.3 Å². The van der Waals surface area contributed by atoms with E-state index in [0.717, 1.165) is 22.3 Å². The number of nitrogens with zero attached hydrogens (tertiary/aromatic N) is 2. The number of nitrogens with one attached hydrogen (secondary N) is 1. The molecule has 2 rings (SSSR count). The van der Waals surface area contributed by atoms with Crippen LogP contribution >= 0.6 is 27.5 Å². The van der Waals surface area contributed by atoms with E-state index in [1.807, 2.05) is 19.1 Å². The lowest BCUT2D eigenvalue weighted by Gasteiger charge is -2.17. The average molecular weight is 341 g/mol. The van der Waals surface area contributed by atoms with Gasteiger partial charge < -0.3 is 5.32 Å². The maximum Gasteiger partial charge on any atom is 0.137 e. The molecule has 0 fully saturated rings. The van der Waals surface area contributed by atoms with Crippen molar-refractivity contribution in [2.75, 3.05) is 5.32 Å². The molecule has 1 aromatic carbocycles. The zero-order valence-corrected chi connectivity index (χ0v) is 13.2. The normalized spacial score (nSPS) is 12.2. The number of benzene rings is 1. The second-order valence-corrected chi connectivity index (χ2v) is 5.54. The van der Waals surface area contributed by atoms with Crippen molar-refractivity contribution in [2.24, 2.45) is 0 Å². The molecule has 5 heteroatoms. The summed E-state index contributed by atoms with van der Waals surface area (Å²) < 4.78 is 1.06. The van der Waals surface area contributed by atoms with Gasteiger partial charge in [-0.1, -0.05) is 46.6 Å². The number of halogens is 2. The largest absolute Gasteiger partial charge is 0.363 e. The third kappa shape index (κ3) is 3.45. The highest BCUT2D eigenvalue weighted by atomic mass is 79.9. The van der Waals surface area contributed by atoms with Gasteiger partial charge in [-0.05, 0) is 31.0 Å². The second kappa shape index (κ2) is 6.35. The summed E-state index contributed by atoms with van der Waals surface area (Å²) in [6.45, 7) is 4.14. The van der Waals surface area contributed by atoms with E-state index < -0.39 is 0 Å². The number of hydrogen-bond donors (Lipinski definition) is 1. The standard InChI is InChI=1S/C14H15BrClN3/c1-3-12-13(16)17-8-18-14(12)19-9(2)10-5-4-6-11(15)7-10/h4-9H,3H2,1-2H3,(H,17,18,19). The predicted molar refractivity (Wildman–Crippen MR) is 82.6 cm³/mol. The Morgan fingerprint density at radius 2 is 2.16 bits per heavy atom. The van der Waals surface area contributed by atoms with Gasteiger partial charge in [0.05, 0.1) is 0 Å². The topological polar surface area (TPSA) is 37.8 Å². The molecule has 1 atom stereocenters. The first-order chi connectivity index (χ1) is 9.11. The Kier molecular flexibility index (Phi) is 4.77. The summed E-state index contributed by atoms with van der Waals surface area (Å²) in [6, 6.07) is 8.34. The quantitative estimate of drug-likeness (QED) is 0.825. The molecule has 1 unspecified atom stereocenters. The van der Waals surface area contributed by atoms with Crippen molar-refractivity contribution in [3.8, 4) is 0 Å². The van der Waals surface area contributed by atoms with Gasteiger partial charge in [0.1, 0.15) is 17.3 Å². The molecule has 2 aromatic rings. The summed E-state index contributed by atoms with van der Waals surface area (Å²) in [4.78, 5) is 8.29. The maximum atomic E-state index is 6.09. The van der Waals surface area contributed by atoms with Crippen molar-refractivity contribution >= 4 is 33.3 Å². The van der Waals surface area contributed by atoms with Crippen LogP contribution in [0.15, 0.2) is 35.1 Å². The zero-order chi connectivity index (χ0) is 13.8. The van der Waals surface area contributed by atoms with Crippen molar-refractivity contribution in [3.63, 3.8) is 0 Å². The number of aromatic nitrogens is 2. The fourth-order valence-corrected chi connectivity index (χ4v) is 2.58. The first kappa shape index (κ1) is 14.3. The Morgan fingerprint density at radius 3 is 2.84 bits per heavy atom. The minimum Gasteiger partial charge on any atom is -0.363 e. The van der Waals surface area contributed by atoms with Crippen LogP contribution < -0.4 is 5.32 Å². The molecule has 0 amide bonds. The molecular formula is C14H15BrClN3. The molecule has 1 heterocycles. The molecule has 19 heavy (non-hydrogen) atoms. The van der Waals surface area contributed by atoms with E-state index in [1.54, 1.807) is 0 Å². The van der Waals surface area contributed by atoms with E-state index in [9.17, 15) is 0 Å². The fraction of sp³-hybridized carbons (Fsp3) is 0.286. The van der Waals surface area contributed by atoms with Crippen LogP contribution in [0.5, 0.6) is 0 Å². The smallest absolute Gasteiger partial charge is 0.137 e. The van der Waals surface area contributed by atoms with Crippen molar-refractivity contribution in [1.82, 2.24) is 9.97 Å². The van der Waals surface area contributed by atoms with E-state index in [-0.39, 0.29) is 6.04 Å². The summed E-state index contributed by atoms with van der Waals surface area (Å²) in [5.41, 5.74) is 2.14. The van der Waals surface area contributed by atoms with Crippen molar-refractivity contribution < 1.29 is 0 Å². The van der Waals surface area contributed by atoms with Crippen LogP contribution in [0.4, 0.5) is 5.82 Å². The molecule has 0 bridgehead atoms. The first-order valence-corrected chi connectivity index (χ1v) is 7.30. The highest BCUT2D eigenvalue weighted by molar-refractivity contribution is 9.10. The summed E-state index contributed by atoms with van der Waals surface area (Å²) in [5.74, 6) is 0.801. The molecule has 0 saturated heterocycles. The summed E-state index contributed by atoms with van der Waals surface area (Å²) in [6.07, 6.45) is 2.28. The molecule has 1 aromatic heterocycles. The molecule has 0 radical (unpaired) electrons. The van der Waals surface area contributed by atoms with E-state index in [1.165, 1.54) is 11.9 Å². The van der Waals surface area contributed by atoms with Gasteiger partial charge in [0.25, 0.3) is 0 Å². The molecule has 0 spiro atoms. The molecule has 1 N–H and O–H groups in total. The Morgan fingerprint density at radius 1 is 1.37 bits per heavy atom. The first-order valence-electron chi connectivity index (χ1n) is 6.13. The van der Waals surface area contributed by atoms with Gasteiger partial charge in [-0.2, -0.15) is 0 Å². The van der Waals surface area contributed by atoms with Crippen LogP contribution in [0.25, 0.3) is 0 Å². The summed E-state index contributed by atoms with van der Waals surface area (Å²) >= 11 is 9.57. The second-order valence-electron chi connectivity index (χ2n) is 4.27. The van der Waals surface area contributed by atoms with E-state index in [0.29, 0.717) is 5.15 Å². The molecule has 3 nitrogen and oxygen atoms in total. The van der Waals surface area contributed by atoms with Gasteiger partial charge in [0, 0.05) is 16.1 Å². The van der Waals surface area contributed by atoms with Crippen LogP contribution in [-0.4, -0.2) is 9.97 Å². The molecular weight excluding hydrogens is 326 g/mol. The van der Waals surface area contributed by atoms with Crippen molar-refractivity contribution in [2.45, 2.75) is 26.3 Å². The Bertz CT molecular complexity index is 574. The lowest BCUT2D eigenvalue weighted by molar-refractivity contribution is 0.862. The Balaban J connectivity index is 2.24. The van der Waals surface area contributed by atoms with Crippen LogP contribution in [0.1, 0.15) is 31.0 Å². The van der Waals surface area contributed by atoms with E-state index in [4.69, 9.17) is 11.6 Å². The van der Waals surface area contributed by atoms with Crippen molar-refractivity contribution in [1.29, 1.82) is 0 Å². The minimum atomic E-state index is 0.147.